The highest BCUT2D eigenvalue weighted by Gasteiger charge is 2.23. The summed E-state index contributed by atoms with van der Waals surface area (Å²) < 4.78 is 2.65. The molecule has 3 rings (SSSR count). The minimum Gasteiger partial charge on any atom is -0.478 e. The number of carbonyl (C=O) groups is 1. The summed E-state index contributed by atoms with van der Waals surface area (Å²) in [5.74, 6) is -0.954. The summed E-state index contributed by atoms with van der Waals surface area (Å²) in [6.07, 6.45) is 4.52. The van der Waals surface area contributed by atoms with Crippen LogP contribution in [0.3, 0.4) is 0 Å². The summed E-state index contributed by atoms with van der Waals surface area (Å²) in [7, 11) is 0. The first-order valence-electron chi connectivity index (χ1n) is 6.63. The fourth-order valence-electron chi connectivity index (χ4n) is 2.49. The number of nitrogens with zero attached hydrogens (tertiary/aromatic N) is 4. The molecule has 1 aliphatic rings. The van der Waals surface area contributed by atoms with Gasteiger partial charge in [0, 0.05) is 9.37 Å². The van der Waals surface area contributed by atoms with Crippen LogP contribution in [0.1, 0.15) is 42.1 Å². The van der Waals surface area contributed by atoms with Gasteiger partial charge in [0.05, 0.1) is 11.6 Å². The van der Waals surface area contributed by atoms with Gasteiger partial charge < -0.3 is 5.11 Å². The van der Waals surface area contributed by atoms with E-state index in [1.54, 1.807) is 18.2 Å². The standard InChI is InChI=1S/C13H13BrN4O2S/c14-8-5-6-10(12(19)20)11(7-8)21-13-15-16-17-18(13)9-3-1-2-4-9/h5-7,9H,1-4H2,(H,19,20). The number of halogens is 1. The Morgan fingerprint density at radius 2 is 2.14 bits per heavy atom. The zero-order valence-electron chi connectivity index (χ0n) is 11.1. The van der Waals surface area contributed by atoms with E-state index in [1.807, 2.05) is 4.68 Å². The molecule has 1 N–H and O–H groups in total. The predicted octanol–water partition coefficient (Wildman–Crippen LogP) is 3.40. The van der Waals surface area contributed by atoms with Gasteiger partial charge in [0.15, 0.2) is 0 Å². The lowest BCUT2D eigenvalue weighted by molar-refractivity contribution is 0.0693. The summed E-state index contributed by atoms with van der Waals surface area (Å²) in [6, 6.07) is 5.40. The van der Waals surface area contributed by atoms with Gasteiger partial charge in [-0.1, -0.05) is 28.8 Å². The van der Waals surface area contributed by atoms with Crippen LogP contribution >= 0.6 is 27.7 Å². The molecule has 0 aliphatic heterocycles. The van der Waals surface area contributed by atoms with Crippen molar-refractivity contribution in [1.82, 2.24) is 20.2 Å². The number of aromatic nitrogens is 4. The first-order valence-corrected chi connectivity index (χ1v) is 8.24. The lowest BCUT2D eigenvalue weighted by Crippen LogP contribution is -2.08. The summed E-state index contributed by atoms with van der Waals surface area (Å²) in [5.41, 5.74) is 0.254. The van der Waals surface area contributed by atoms with Crippen LogP contribution in [-0.4, -0.2) is 31.3 Å². The third kappa shape index (κ3) is 3.11. The van der Waals surface area contributed by atoms with E-state index in [1.165, 1.54) is 24.6 Å². The second-order valence-electron chi connectivity index (χ2n) is 4.89. The van der Waals surface area contributed by atoms with E-state index in [0.717, 1.165) is 17.3 Å². The smallest absolute Gasteiger partial charge is 0.336 e. The molecule has 1 aromatic carbocycles. The number of tetrazole rings is 1. The van der Waals surface area contributed by atoms with Crippen molar-refractivity contribution in [3.63, 3.8) is 0 Å². The monoisotopic (exact) mass is 368 g/mol. The van der Waals surface area contributed by atoms with E-state index in [2.05, 4.69) is 31.5 Å². The molecule has 0 saturated heterocycles. The van der Waals surface area contributed by atoms with Crippen LogP contribution in [0.2, 0.25) is 0 Å². The van der Waals surface area contributed by atoms with Crippen molar-refractivity contribution in [3.8, 4) is 0 Å². The largest absolute Gasteiger partial charge is 0.478 e. The lowest BCUT2D eigenvalue weighted by atomic mass is 10.2. The SMILES string of the molecule is O=C(O)c1ccc(Br)cc1Sc1nnnn1C1CCCC1. The molecular formula is C13H13BrN4O2S. The third-order valence-electron chi connectivity index (χ3n) is 3.51. The Balaban J connectivity index is 1.92. The van der Waals surface area contributed by atoms with Crippen LogP contribution < -0.4 is 0 Å². The van der Waals surface area contributed by atoms with Crippen molar-refractivity contribution in [2.75, 3.05) is 0 Å². The highest BCUT2D eigenvalue weighted by molar-refractivity contribution is 9.10. The van der Waals surface area contributed by atoms with Crippen LogP contribution in [0.5, 0.6) is 0 Å². The molecule has 6 nitrogen and oxygen atoms in total. The maximum Gasteiger partial charge on any atom is 0.336 e. The van der Waals surface area contributed by atoms with Gasteiger partial charge in [-0.25, -0.2) is 9.48 Å². The molecule has 8 heteroatoms. The number of carboxylic acids is 1. The van der Waals surface area contributed by atoms with Crippen molar-refractivity contribution in [3.05, 3.63) is 28.2 Å². The highest BCUT2D eigenvalue weighted by Crippen LogP contribution is 2.35. The molecule has 1 fully saturated rings. The molecule has 0 spiro atoms. The van der Waals surface area contributed by atoms with E-state index in [4.69, 9.17) is 0 Å². The average Bonchev–Trinajstić information content (AvgIpc) is 3.08. The Morgan fingerprint density at radius 3 is 2.86 bits per heavy atom. The second-order valence-corrected chi connectivity index (χ2v) is 6.82. The Bertz CT molecular complexity index is 670. The second kappa shape index (κ2) is 6.15. The molecule has 2 aromatic rings. The quantitative estimate of drug-likeness (QED) is 0.890. The van der Waals surface area contributed by atoms with Gasteiger partial charge in [0.25, 0.3) is 0 Å². The number of hydrogen-bond donors (Lipinski definition) is 1. The first-order chi connectivity index (χ1) is 10.1. The fraction of sp³-hybridized carbons (Fsp3) is 0.385. The van der Waals surface area contributed by atoms with Gasteiger partial charge in [-0.05, 0) is 53.2 Å². The van der Waals surface area contributed by atoms with E-state index in [0.29, 0.717) is 16.1 Å². The van der Waals surface area contributed by atoms with Gasteiger partial charge in [-0.15, -0.1) is 5.10 Å². The van der Waals surface area contributed by atoms with E-state index in [-0.39, 0.29) is 5.56 Å². The van der Waals surface area contributed by atoms with Crippen LogP contribution in [0.25, 0.3) is 0 Å². The molecule has 1 saturated carbocycles. The molecule has 1 aliphatic carbocycles. The van der Waals surface area contributed by atoms with Gasteiger partial charge >= 0.3 is 5.97 Å². The Labute approximate surface area is 134 Å². The maximum absolute atomic E-state index is 11.3. The van der Waals surface area contributed by atoms with E-state index in [9.17, 15) is 9.90 Å². The molecule has 0 atom stereocenters. The van der Waals surface area contributed by atoms with Crippen molar-refractivity contribution in [2.45, 2.75) is 41.8 Å². The summed E-state index contributed by atoms with van der Waals surface area (Å²) >= 11 is 4.66. The van der Waals surface area contributed by atoms with Crippen LogP contribution in [0.15, 0.2) is 32.7 Å². The molecule has 0 bridgehead atoms. The molecule has 1 aromatic heterocycles. The minimum absolute atomic E-state index is 0.254. The molecule has 0 radical (unpaired) electrons. The fourth-order valence-corrected chi connectivity index (χ4v) is 4.00. The number of benzene rings is 1. The summed E-state index contributed by atoms with van der Waals surface area (Å²) in [6.45, 7) is 0. The van der Waals surface area contributed by atoms with Crippen LogP contribution in [0, 0.1) is 0 Å². The van der Waals surface area contributed by atoms with Crippen LogP contribution in [-0.2, 0) is 0 Å². The van der Waals surface area contributed by atoms with Gasteiger partial charge in [-0.3, -0.25) is 0 Å². The number of hydrogen-bond acceptors (Lipinski definition) is 5. The van der Waals surface area contributed by atoms with E-state index < -0.39 is 5.97 Å². The number of rotatable bonds is 4. The van der Waals surface area contributed by atoms with Crippen molar-refractivity contribution in [1.29, 1.82) is 0 Å². The van der Waals surface area contributed by atoms with Crippen LogP contribution in [0.4, 0.5) is 0 Å². The number of carboxylic acid groups (broad SMARTS) is 1. The Kier molecular flexibility index (Phi) is 4.25. The molecule has 1 heterocycles. The number of aromatic carboxylic acids is 1. The van der Waals surface area contributed by atoms with Gasteiger partial charge in [0.2, 0.25) is 5.16 Å². The van der Waals surface area contributed by atoms with Crippen molar-refractivity contribution in [2.24, 2.45) is 0 Å². The first kappa shape index (κ1) is 14.5. The zero-order chi connectivity index (χ0) is 14.8. The topological polar surface area (TPSA) is 80.9 Å². The molecule has 21 heavy (non-hydrogen) atoms. The maximum atomic E-state index is 11.3. The van der Waals surface area contributed by atoms with Crippen molar-refractivity contribution >= 4 is 33.7 Å². The minimum atomic E-state index is -0.954. The summed E-state index contributed by atoms with van der Waals surface area (Å²) in [4.78, 5) is 11.9. The predicted molar refractivity (Wildman–Crippen MR) is 80.5 cm³/mol. The Hall–Kier alpha value is -1.41. The highest BCUT2D eigenvalue weighted by atomic mass is 79.9. The average molecular weight is 369 g/mol. The molecule has 0 amide bonds. The lowest BCUT2D eigenvalue weighted by Gasteiger charge is -2.11. The van der Waals surface area contributed by atoms with E-state index >= 15 is 0 Å². The molecule has 0 unspecified atom stereocenters. The molecular weight excluding hydrogens is 356 g/mol. The Morgan fingerprint density at radius 1 is 1.38 bits per heavy atom. The molecule has 110 valence electrons. The van der Waals surface area contributed by atoms with Crippen molar-refractivity contribution < 1.29 is 9.90 Å². The van der Waals surface area contributed by atoms with Gasteiger partial charge in [-0.2, -0.15) is 0 Å². The zero-order valence-corrected chi connectivity index (χ0v) is 13.5. The normalized spacial score (nSPS) is 15.5. The summed E-state index contributed by atoms with van der Waals surface area (Å²) in [5, 5.41) is 21.8. The third-order valence-corrected chi connectivity index (χ3v) is 5.01. The van der Waals surface area contributed by atoms with Gasteiger partial charge in [0.1, 0.15) is 0 Å².